The van der Waals surface area contributed by atoms with Crippen LogP contribution in [0.4, 0.5) is 5.69 Å². The second kappa shape index (κ2) is 7.09. The molecule has 1 N–H and O–H groups in total. The predicted molar refractivity (Wildman–Crippen MR) is 75.6 cm³/mol. The molecular formula is C14H22N2O3. The molecule has 1 atom stereocenters. The Morgan fingerprint density at radius 3 is 2.63 bits per heavy atom. The first-order valence-electron chi connectivity index (χ1n) is 6.51. The number of rotatable bonds is 7. The average molecular weight is 266 g/mol. The lowest BCUT2D eigenvalue weighted by Gasteiger charge is -2.16. The number of hydrogen-bond acceptors (Lipinski definition) is 4. The maximum absolute atomic E-state index is 10.7. The highest BCUT2D eigenvalue weighted by molar-refractivity contribution is 5.43. The summed E-state index contributed by atoms with van der Waals surface area (Å²) < 4.78 is 5.68. The molecule has 0 bridgehead atoms. The normalized spacial score (nSPS) is 12.5. The van der Waals surface area contributed by atoms with Gasteiger partial charge in [0.15, 0.2) is 0 Å². The van der Waals surface area contributed by atoms with E-state index in [1.165, 1.54) is 12.1 Å². The molecule has 5 heteroatoms. The van der Waals surface area contributed by atoms with Crippen molar-refractivity contribution in [3.8, 4) is 5.75 Å². The number of hydrogen-bond donors (Lipinski definition) is 1. The van der Waals surface area contributed by atoms with Gasteiger partial charge in [0.2, 0.25) is 0 Å². The van der Waals surface area contributed by atoms with E-state index in [1.54, 1.807) is 6.07 Å². The number of nitrogens with one attached hydrogen (secondary N) is 1. The maximum Gasteiger partial charge on any atom is 0.273 e. The van der Waals surface area contributed by atoms with Crippen molar-refractivity contribution >= 4 is 5.69 Å². The van der Waals surface area contributed by atoms with E-state index in [4.69, 9.17) is 4.74 Å². The third kappa shape index (κ3) is 5.26. The zero-order chi connectivity index (χ0) is 14.4. The summed E-state index contributed by atoms with van der Waals surface area (Å²) in [5, 5.41) is 14.1. The van der Waals surface area contributed by atoms with E-state index in [9.17, 15) is 10.1 Å². The van der Waals surface area contributed by atoms with Crippen molar-refractivity contribution in [2.24, 2.45) is 5.92 Å². The van der Waals surface area contributed by atoms with Crippen LogP contribution in [-0.4, -0.2) is 24.1 Å². The highest BCUT2D eigenvalue weighted by Gasteiger charge is 2.11. The van der Waals surface area contributed by atoms with Crippen LogP contribution in [0.1, 0.15) is 26.3 Å². The van der Waals surface area contributed by atoms with Gasteiger partial charge in [0.25, 0.3) is 5.69 Å². The van der Waals surface area contributed by atoms with Crippen LogP contribution >= 0.6 is 0 Å². The topological polar surface area (TPSA) is 64.4 Å². The minimum absolute atomic E-state index is 0.0635. The molecule has 0 saturated heterocycles. The smallest absolute Gasteiger partial charge is 0.273 e. The lowest BCUT2D eigenvalue weighted by molar-refractivity contribution is -0.385. The van der Waals surface area contributed by atoms with Gasteiger partial charge in [-0.3, -0.25) is 10.1 Å². The van der Waals surface area contributed by atoms with Crippen LogP contribution in [0.25, 0.3) is 0 Å². The van der Waals surface area contributed by atoms with E-state index in [2.05, 4.69) is 26.1 Å². The number of nitro groups is 1. The third-order valence-corrected chi connectivity index (χ3v) is 2.78. The largest absolute Gasteiger partial charge is 0.493 e. The van der Waals surface area contributed by atoms with Crippen molar-refractivity contribution in [3.05, 3.63) is 33.9 Å². The SMILES string of the molecule is Cc1ccc([N+](=O)[O-])cc1OCC(C)CNC(C)C. The Labute approximate surface area is 114 Å². The van der Waals surface area contributed by atoms with Crippen LogP contribution in [0.3, 0.4) is 0 Å². The highest BCUT2D eigenvalue weighted by atomic mass is 16.6. The monoisotopic (exact) mass is 266 g/mol. The fraction of sp³-hybridized carbons (Fsp3) is 0.571. The fourth-order valence-corrected chi connectivity index (χ4v) is 1.59. The molecule has 0 aliphatic heterocycles. The molecule has 1 aromatic carbocycles. The quantitative estimate of drug-likeness (QED) is 0.608. The van der Waals surface area contributed by atoms with E-state index in [-0.39, 0.29) is 5.69 Å². The van der Waals surface area contributed by atoms with Crippen LogP contribution in [0, 0.1) is 23.0 Å². The van der Waals surface area contributed by atoms with Gasteiger partial charge in [-0.2, -0.15) is 0 Å². The number of ether oxygens (including phenoxy) is 1. The summed E-state index contributed by atoms with van der Waals surface area (Å²) in [6, 6.07) is 5.14. The zero-order valence-electron chi connectivity index (χ0n) is 12.0. The molecule has 1 unspecified atom stereocenters. The van der Waals surface area contributed by atoms with Gasteiger partial charge in [0.1, 0.15) is 5.75 Å². The van der Waals surface area contributed by atoms with Crippen molar-refractivity contribution in [3.63, 3.8) is 0 Å². The van der Waals surface area contributed by atoms with E-state index in [1.807, 2.05) is 6.92 Å². The van der Waals surface area contributed by atoms with Crippen molar-refractivity contribution in [1.29, 1.82) is 0 Å². The van der Waals surface area contributed by atoms with Crippen molar-refractivity contribution in [2.75, 3.05) is 13.2 Å². The first-order valence-corrected chi connectivity index (χ1v) is 6.51. The molecule has 0 spiro atoms. The second-order valence-electron chi connectivity index (χ2n) is 5.19. The molecule has 1 rings (SSSR count). The van der Waals surface area contributed by atoms with Crippen LogP contribution in [-0.2, 0) is 0 Å². The summed E-state index contributed by atoms with van der Waals surface area (Å²) in [6.45, 7) is 9.57. The zero-order valence-corrected chi connectivity index (χ0v) is 12.0. The Bertz CT molecular complexity index is 433. The predicted octanol–water partition coefficient (Wildman–Crippen LogP) is 2.92. The van der Waals surface area contributed by atoms with Crippen molar-refractivity contribution < 1.29 is 9.66 Å². The van der Waals surface area contributed by atoms with Crippen LogP contribution < -0.4 is 10.1 Å². The molecule has 0 aliphatic rings. The van der Waals surface area contributed by atoms with Gasteiger partial charge in [-0.25, -0.2) is 0 Å². The lowest BCUT2D eigenvalue weighted by atomic mass is 10.1. The first-order chi connectivity index (χ1) is 8.90. The molecule has 0 aromatic heterocycles. The standard InChI is InChI=1S/C14H22N2O3/c1-10(2)15-8-11(3)9-19-14-7-13(16(17)18)6-5-12(14)4/h5-7,10-11,15H,8-9H2,1-4H3. The van der Waals surface area contributed by atoms with E-state index in [0.717, 1.165) is 12.1 Å². The van der Waals surface area contributed by atoms with Gasteiger partial charge in [-0.05, 0) is 18.6 Å². The third-order valence-electron chi connectivity index (χ3n) is 2.78. The average Bonchev–Trinajstić information content (AvgIpc) is 2.35. The highest BCUT2D eigenvalue weighted by Crippen LogP contribution is 2.24. The van der Waals surface area contributed by atoms with Gasteiger partial charge < -0.3 is 10.1 Å². The van der Waals surface area contributed by atoms with Gasteiger partial charge in [0.05, 0.1) is 17.6 Å². The van der Waals surface area contributed by atoms with E-state index < -0.39 is 4.92 Å². The van der Waals surface area contributed by atoms with E-state index >= 15 is 0 Å². The molecule has 0 radical (unpaired) electrons. The molecule has 0 amide bonds. The van der Waals surface area contributed by atoms with E-state index in [0.29, 0.717) is 24.3 Å². The van der Waals surface area contributed by atoms with Crippen LogP contribution in [0.15, 0.2) is 18.2 Å². The Kier molecular flexibility index (Phi) is 5.76. The molecule has 106 valence electrons. The second-order valence-corrected chi connectivity index (χ2v) is 5.19. The molecule has 1 aromatic rings. The Balaban J connectivity index is 2.57. The molecule has 0 heterocycles. The molecule has 5 nitrogen and oxygen atoms in total. The Hall–Kier alpha value is -1.62. The summed E-state index contributed by atoms with van der Waals surface area (Å²) in [5.74, 6) is 0.937. The fourth-order valence-electron chi connectivity index (χ4n) is 1.59. The number of aryl methyl sites for hydroxylation is 1. The molecule has 0 aliphatic carbocycles. The molecule has 0 saturated carbocycles. The molecular weight excluding hydrogens is 244 g/mol. The van der Waals surface area contributed by atoms with Gasteiger partial charge in [-0.1, -0.05) is 20.8 Å². The Morgan fingerprint density at radius 2 is 2.05 bits per heavy atom. The van der Waals surface area contributed by atoms with Gasteiger partial charge >= 0.3 is 0 Å². The first kappa shape index (κ1) is 15.4. The Morgan fingerprint density at radius 1 is 1.37 bits per heavy atom. The lowest BCUT2D eigenvalue weighted by Crippen LogP contribution is -2.30. The molecule has 0 fully saturated rings. The molecule has 19 heavy (non-hydrogen) atoms. The minimum atomic E-state index is -0.407. The van der Waals surface area contributed by atoms with Crippen LogP contribution in [0.5, 0.6) is 5.75 Å². The van der Waals surface area contributed by atoms with Crippen molar-refractivity contribution in [2.45, 2.75) is 33.7 Å². The number of nitrogens with zero attached hydrogens (tertiary/aromatic N) is 1. The number of benzene rings is 1. The number of nitro benzene ring substituents is 1. The van der Waals surface area contributed by atoms with Crippen molar-refractivity contribution in [1.82, 2.24) is 5.32 Å². The summed E-state index contributed by atoms with van der Waals surface area (Å²) in [5.41, 5.74) is 0.975. The van der Waals surface area contributed by atoms with Gasteiger partial charge in [-0.15, -0.1) is 0 Å². The number of non-ortho nitro benzene ring substituents is 1. The maximum atomic E-state index is 10.7. The summed E-state index contributed by atoms with van der Waals surface area (Å²) >= 11 is 0. The summed E-state index contributed by atoms with van der Waals surface area (Å²) in [4.78, 5) is 10.3. The minimum Gasteiger partial charge on any atom is -0.493 e. The summed E-state index contributed by atoms with van der Waals surface area (Å²) in [6.07, 6.45) is 0. The van der Waals surface area contributed by atoms with Gasteiger partial charge in [0, 0.05) is 24.6 Å². The summed E-state index contributed by atoms with van der Waals surface area (Å²) in [7, 11) is 0. The van der Waals surface area contributed by atoms with Crippen LogP contribution in [0.2, 0.25) is 0 Å².